The molecule has 3 rings (SSSR count). The van der Waals surface area contributed by atoms with E-state index in [2.05, 4.69) is 39.0 Å². The normalized spacial score (nSPS) is 14.9. The number of para-hydroxylation sites is 1. The largest absolute Gasteiger partial charge is 0.513 e. The molecule has 0 bridgehead atoms. The molecule has 2 heterocycles. The highest BCUT2D eigenvalue weighted by atomic mass is 35.5. The number of nitrogens with zero attached hydrogens (tertiary/aromatic N) is 1. The predicted molar refractivity (Wildman–Crippen MR) is 91.9 cm³/mol. The van der Waals surface area contributed by atoms with Gasteiger partial charge in [-0.2, -0.15) is 0 Å². The van der Waals surface area contributed by atoms with Gasteiger partial charge in [0.25, 0.3) is 0 Å². The standard InChI is InChI=1S/C17H20N2O3.ClH/c1-21-17(20)22-14-5-4-9-19(12-14)10-8-13-11-18-16-7-3-2-6-15(13)16;/h2-3,5-7,11,18H,4,8-10,12H2,1H3;1H. The molecule has 124 valence electrons. The second-order valence-corrected chi connectivity index (χ2v) is 5.40. The van der Waals surface area contributed by atoms with Crippen LogP contribution in [0.15, 0.2) is 42.3 Å². The van der Waals surface area contributed by atoms with E-state index >= 15 is 0 Å². The molecular formula is C17H21ClN2O3. The summed E-state index contributed by atoms with van der Waals surface area (Å²) in [6, 6.07) is 8.33. The molecule has 0 aliphatic carbocycles. The molecule has 1 aliphatic heterocycles. The fraction of sp³-hybridized carbons (Fsp3) is 0.353. The van der Waals surface area contributed by atoms with Gasteiger partial charge in [-0.3, -0.25) is 4.90 Å². The molecule has 0 amide bonds. The average Bonchev–Trinajstić information content (AvgIpc) is 2.96. The molecule has 0 fully saturated rings. The Bertz CT molecular complexity index is 696. The summed E-state index contributed by atoms with van der Waals surface area (Å²) >= 11 is 0. The highest BCUT2D eigenvalue weighted by Gasteiger charge is 2.16. The number of aromatic amines is 1. The summed E-state index contributed by atoms with van der Waals surface area (Å²) in [4.78, 5) is 16.8. The van der Waals surface area contributed by atoms with Crippen molar-refractivity contribution in [3.63, 3.8) is 0 Å². The molecule has 1 aromatic heterocycles. The van der Waals surface area contributed by atoms with E-state index in [0.29, 0.717) is 12.3 Å². The zero-order valence-corrected chi connectivity index (χ0v) is 13.9. The number of ether oxygens (including phenoxy) is 2. The Morgan fingerprint density at radius 2 is 2.17 bits per heavy atom. The van der Waals surface area contributed by atoms with Gasteiger partial charge < -0.3 is 14.5 Å². The summed E-state index contributed by atoms with van der Waals surface area (Å²) in [5, 5.41) is 1.28. The Labute approximate surface area is 141 Å². The molecule has 0 atom stereocenters. The predicted octanol–water partition coefficient (Wildman–Crippen LogP) is 3.50. The summed E-state index contributed by atoms with van der Waals surface area (Å²) in [6.45, 7) is 2.57. The SMILES string of the molecule is COC(=O)OC1=CCCN(CCc2c[nH]c3ccccc23)C1.Cl. The van der Waals surface area contributed by atoms with Crippen LogP contribution in [0.5, 0.6) is 0 Å². The number of rotatable bonds is 4. The summed E-state index contributed by atoms with van der Waals surface area (Å²) in [6.07, 6.45) is 5.25. The zero-order chi connectivity index (χ0) is 15.4. The zero-order valence-electron chi connectivity index (χ0n) is 13.1. The highest BCUT2D eigenvalue weighted by molar-refractivity contribution is 5.85. The van der Waals surface area contributed by atoms with Crippen LogP contribution in [0.1, 0.15) is 12.0 Å². The number of hydrogen-bond acceptors (Lipinski definition) is 4. The fourth-order valence-corrected chi connectivity index (χ4v) is 2.80. The van der Waals surface area contributed by atoms with E-state index in [4.69, 9.17) is 4.74 Å². The van der Waals surface area contributed by atoms with Crippen molar-refractivity contribution in [1.82, 2.24) is 9.88 Å². The molecule has 0 radical (unpaired) electrons. The molecule has 1 aliphatic rings. The molecule has 6 heteroatoms. The minimum absolute atomic E-state index is 0. The molecule has 0 saturated heterocycles. The minimum atomic E-state index is -0.648. The van der Waals surface area contributed by atoms with Gasteiger partial charge in [0.1, 0.15) is 5.76 Å². The molecular weight excluding hydrogens is 316 g/mol. The van der Waals surface area contributed by atoms with E-state index in [-0.39, 0.29) is 12.4 Å². The van der Waals surface area contributed by atoms with Gasteiger partial charge in [0.2, 0.25) is 0 Å². The lowest BCUT2D eigenvalue weighted by Crippen LogP contribution is -2.33. The quantitative estimate of drug-likeness (QED) is 0.868. The highest BCUT2D eigenvalue weighted by Crippen LogP contribution is 2.19. The average molecular weight is 337 g/mol. The van der Waals surface area contributed by atoms with Crippen molar-refractivity contribution in [3.05, 3.63) is 47.9 Å². The molecule has 5 nitrogen and oxygen atoms in total. The number of H-pyrrole nitrogens is 1. The lowest BCUT2D eigenvalue weighted by Gasteiger charge is -2.26. The van der Waals surface area contributed by atoms with Crippen LogP contribution in [0, 0.1) is 0 Å². The van der Waals surface area contributed by atoms with Crippen LogP contribution in [0.3, 0.4) is 0 Å². The first-order valence-corrected chi connectivity index (χ1v) is 7.48. The first-order chi connectivity index (χ1) is 10.8. The summed E-state index contributed by atoms with van der Waals surface area (Å²) in [7, 11) is 1.32. The van der Waals surface area contributed by atoms with Gasteiger partial charge in [0.05, 0.1) is 13.7 Å². The van der Waals surface area contributed by atoms with E-state index in [9.17, 15) is 4.79 Å². The number of fused-ring (bicyclic) bond motifs is 1. The molecule has 23 heavy (non-hydrogen) atoms. The first-order valence-electron chi connectivity index (χ1n) is 7.48. The molecule has 2 aromatic rings. The third-order valence-corrected chi connectivity index (χ3v) is 3.95. The van der Waals surface area contributed by atoms with E-state index in [1.165, 1.54) is 23.6 Å². The van der Waals surface area contributed by atoms with Gasteiger partial charge in [-0.25, -0.2) is 4.79 Å². The van der Waals surface area contributed by atoms with Crippen LogP contribution in [0.25, 0.3) is 10.9 Å². The smallest absolute Gasteiger partial charge is 0.437 e. The van der Waals surface area contributed by atoms with Gasteiger partial charge in [-0.05, 0) is 30.5 Å². The van der Waals surface area contributed by atoms with Crippen molar-refractivity contribution in [1.29, 1.82) is 0 Å². The fourth-order valence-electron chi connectivity index (χ4n) is 2.80. The van der Waals surface area contributed by atoms with Crippen LogP contribution >= 0.6 is 12.4 Å². The number of methoxy groups -OCH3 is 1. The summed E-state index contributed by atoms with van der Waals surface area (Å²) in [5.74, 6) is 0.678. The maximum Gasteiger partial charge on any atom is 0.513 e. The maximum atomic E-state index is 11.2. The monoisotopic (exact) mass is 336 g/mol. The van der Waals surface area contributed by atoms with Crippen molar-refractivity contribution in [2.75, 3.05) is 26.7 Å². The van der Waals surface area contributed by atoms with Crippen LogP contribution < -0.4 is 0 Å². The molecule has 1 N–H and O–H groups in total. The Morgan fingerprint density at radius 3 is 3.00 bits per heavy atom. The first kappa shape index (κ1) is 17.4. The summed E-state index contributed by atoms with van der Waals surface area (Å²) in [5.41, 5.74) is 2.49. The van der Waals surface area contributed by atoms with E-state index in [1.54, 1.807) is 0 Å². The second kappa shape index (κ2) is 8.04. The van der Waals surface area contributed by atoms with Crippen LogP contribution in [-0.4, -0.2) is 42.8 Å². The number of halogens is 1. The van der Waals surface area contributed by atoms with Crippen molar-refractivity contribution < 1.29 is 14.3 Å². The van der Waals surface area contributed by atoms with Crippen LogP contribution in [-0.2, 0) is 15.9 Å². The second-order valence-electron chi connectivity index (χ2n) is 5.40. The molecule has 0 saturated carbocycles. The van der Waals surface area contributed by atoms with E-state index in [0.717, 1.165) is 25.9 Å². The lowest BCUT2D eigenvalue weighted by molar-refractivity contribution is 0.0874. The van der Waals surface area contributed by atoms with Gasteiger partial charge >= 0.3 is 6.16 Å². The Hall–Kier alpha value is -1.98. The lowest BCUT2D eigenvalue weighted by atomic mass is 10.1. The van der Waals surface area contributed by atoms with Gasteiger partial charge in [0, 0.05) is 30.2 Å². The number of benzene rings is 1. The number of aromatic nitrogens is 1. The number of hydrogen-bond donors (Lipinski definition) is 1. The van der Waals surface area contributed by atoms with Gasteiger partial charge in [-0.1, -0.05) is 18.2 Å². The molecule has 1 aromatic carbocycles. The Balaban J connectivity index is 0.00000192. The van der Waals surface area contributed by atoms with Crippen LogP contribution in [0.2, 0.25) is 0 Å². The van der Waals surface area contributed by atoms with Crippen molar-refractivity contribution in [2.24, 2.45) is 0 Å². The van der Waals surface area contributed by atoms with Gasteiger partial charge in [0.15, 0.2) is 0 Å². The van der Waals surface area contributed by atoms with Crippen LogP contribution in [0.4, 0.5) is 4.79 Å². The topological polar surface area (TPSA) is 54.6 Å². The third-order valence-electron chi connectivity index (χ3n) is 3.95. The number of carbonyl (C=O) groups excluding carboxylic acids is 1. The van der Waals surface area contributed by atoms with Crippen molar-refractivity contribution in [3.8, 4) is 0 Å². The Morgan fingerprint density at radius 1 is 1.35 bits per heavy atom. The van der Waals surface area contributed by atoms with Crippen molar-refractivity contribution in [2.45, 2.75) is 12.8 Å². The number of carbonyl (C=O) groups is 1. The van der Waals surface area contributed by atoms with E-state index in [1.807, 2.05) is 12.1 Å². The third kappa shape index (κ3) is 4.27. The minimum Gasteiger partial charge on any atom is -0.437 e. The number of nitrogens with one attached hydrogen (secondary N) is 1. The van der Waals surface area contributed by atoms with E-state index < -0.39 is 6.16 Å². The summed E-state index contributed by atoms with van der Waals surface area (Å²) < 4.78 is 9.66. The van der Waals surface area contributed by atoms with Crippen molar-refractivity contribution >= 4 is 29.5 Å². The maximum absolute atomic E-state index is 11.2. The van der Waals surface area contributed by atoms with Gasteiger partial charge in [-0.15, -0.1) is 12.4 Å². The molecule has 0 spiro atoms. The Kier molecular flexibility index (Phi) is 6.07. The molecule has 0 unspecified atom stereocenters.